The van der Waals surface area contributed by atoms with Gasteiger partial charge in [0.1, 0.15) is 12.3 Å². The van der Waals surface area contributed by atoms with Gasteiger partial charge in [-0.3, -0.25) is 31.6 Å². The lowest BCUT2D eigenvalue weighted by atomic mass is 9.79. The molecule has 0 saturated carbocycles. The van der Waals surface area contributed by atoms with E-state index in [1.165, 1.54) is 45.0 Å². The number of fused-ring (bicyclic) bond motifs is 6. The predicted molar refractivity (Wildman–Crippen MR) is 298 cm³/mol. The van der Waals surface area contributed by atoms with Gasteiger partial charge in [-0.2, -0.15) is 0 Å². The number of hydrogen-bond donors (Lipinski definition) is 9. The molecule has 8 unspecified atom stereocenters. The molecule has 6 aliphatic heterocycles. The Morgan fingerprint density at radius 3 is 1.97 bits per heavy atom. The fraction of sp³-hybridized carbons (Fsp3) is 0.210. The van der Waals surface area contributed by atoms with Crippen molar-refractivity contribution in [2.45, 2.75) is 61.5 Å². The van der Waals surface area contributed by atoms with Crippen molar-refractivity contribution in [3.63, 3.8) is 0 Å². The number of anilines is 4. The van der Waals surface area contributed by atoms with Gasteiger partial charge in [0.15, 0.2) is 0 Å². The lowest BCUT2D eigenvalue weighted by Crippen LogP contribution is -2.61. The minimum atomic E-state index is -0.385. The van der Waals surface area contributed by atoms with Crippen LogP contribution in [0.5, 0.6) is 0 Å². The molecule has 13 rings (SSSR count). The molecule has 1 aromatic heterocycles. The molecule has 7 heterocycles. The quantitative estimate of drug-likeness (QED) is 0.0520. The number of nitrogens with two attached hydrogens (primary N) is 1. The Morgan fingerprint density at radius 2 is 1.30 bits per heavy atom. The van der Waals surface area contributed by atoms with Crippen LogP contribution in [-0.2, 0) is 0 Å². The van der Waals surface area contributed by atoms with Gasteiger partial charge in [0.25, 0.3) is 0 Å². The van der Waals surface area contributed by atoms with Crippen molar-refractivity contribution in [2.75, 3.05) is 29.4 Å². The van der Waals surface area contributed by atoms with Gasteiger partial charge in [-0.25, -0.2) is 0 Å². The van der Waals surface area contributed by atoms with Crippen LogP contribution in [0.4, 0.5) is 22.7 Å². The van der Waals surface area contributed by atoms with Crippen LogP contribution < -0.4 is 58.1 Å². The zero-order valence-corrected chi connectivity index (χ0v) is 41.2. The number of allylic oxidation sites excluding steroid dienone is 14. The highest BCUT2D eigenvalue weighted by molar-refractivity contribution is 5.81. The van der Waals surface area contributed by atoms with Gasteiger partial charge < -0.3 is 31.5 Å². The topological polar surface area (TPSA) is 142 Å². The second-order valence-electron chi connectivity index (χ2n) is 20.0. The van der Waals surface area contributed by atoms with Crippen molar-refractivity contribution < 1.29 is 0 Å². The molecule has 12 heteroatoms. The van der Waals surface area contributed by atoms with Crippen LogP contribution in [0.25, 0.3) is 0 Å². The predicted octanol–water partition coefficient (Wildman–Crippen LogP) is 9.08. The average molecular weight is 975 g/mol. The molecule has 0 amide bonds. The first-order chi connectivity index (χ1) is 36.6. The Labute approximate surface area is 433 Å². The van der Waals surface area contributed by atoms with Gasteiger partial charge in [-0.1, -0.05) is 115 Å². The number of nitrogens with zero attached hydrogens (tertiary/aromatic N) is 3. The van der Waals surface area contributed by atoms with Gasteiger partial charge in [0.2, 0.25) is 0 Å². The van der Waals surface area contributed by atoms with Gasteiger partial charge in [0.05, 0.1) is 30.2 Å². The summed E-state index contributed by atoms with van der Waals surface area (Å²) in [7, 11) is 0. The lowest BCUT2D eigenvalue weighted by molar-refractivity contribution is 0.214. The molecular weight excluding hydrogens is 913 g/mol. The number of pyridine rings is 1. The zero-order chi connectivity index (χ0) is 49.4. The van der Waals surface area contributed by atoms with E-state index in [9.17, 15) is 0 Å². The Balaban J connectivity index is 0.788. The Hall–Kier alpha value is -7.81. The van der Waals surface area contributed by atoms with E-state index >= 15 is 0 Å². The fourth-order valence-electron chi connectivity index (χ4n) is 11.9. The van der Waals surface area contributed by atoms with Crippen molar-refractivity contribution in [3.8, 4) is 0 Å². The molecule has 0 radical (unpaired) electrons. The molecule has 4 aromatic carbocycles. The summed E-state index contributed by atoms with van der Waals surface area (Å²) in [5, 5.41) is 29.4. The van der Waals surface area contributed by atoms with Crippen molar-refractivity contribution in [1.82, 2.24) is 47.5 Å². The fourth-order valence-corrected chi connectivity index (χ4v) is 11.9. The van der Waals surface area contributed by atoms with E-state index in [-0.39, 0.29) is 48.7 Å². The minimum Gasteiger partial charge on any atom is -0.383 e. The molecule has 1 fully saturated rings. The summed E-state index contributed by atoms with van der Waals surface area (Å²) >= 11 is 0. The van der Waals surface area contributed by atoms with E-state index in [2.05, 4.69) is 228 Å². The van der Waals surface area contributed by atoms with Gasteiger partial charge in [0, 0.05) is 83.2 Å². The first-order valence-corrected chi connectivity index (χ1v) is 26.1. The summed E-state index contributed by atoms with van der Waals surface area (Å²) in [6.07, 6.45) is 33.2. The second kappa shape index (κ2) is 20.2. The third kappa shape index (κ3) is 8.95. The highest BCUT2D eigenvalue weighted by Crippen LogP contribution is 2.56. The first kappa shape index (κ1) is 46.0. The maximum Gasteiger partial charge on any atom is 0.104 e. The molecule has 8 aliphatic rings. The maximum atomic E-state index is 6.84. The van der Waals surface area contributed by atoms with Crippen LogP contribution in [-0.4, -0.2) is 43.0 Å². The van der Waals surface area contributed by atoms with Crippen LogP contribution >= 0.6 is 0 Å². The average Bonchev–Trinajstić information content (AvgIpc) is 4.03. The molecule has 8 atom stereocenters. The third-order valence-corrected chi connectivity index (χ3v) is 15.5. The lowest BCUT2D eigenvalue weighted by Gasteiger charge is -2.40. The van der Waals surface area contributed by atoms with Gasteiger partial charge in [-0.15, -0.1) is 0 Å². The molecule has 370 valence electrons. The standard InChI is InChI=1S/C62H62N12/c63-58(51-22-6-10-32-65-51)69-59(68-39-44-17-5-9-31-64-44)42-15-13-18-45(35-42)73-54-25-3-1-20-47(54)49-37-40(27-29-56(49)73)41-28-30-57-50(38-41)48-21-2-4-26-55(48)74(57)46-19-14-16-43(36-46)60-70-61(52-23-7-11-33-66-52)72-62(71-60)53-24-8-12-34-67-53/h1-31,33,35-36,44,49-50,58-62,64-65,67-72H,32,34,37-39,63H2. The van der Waals surface area contributed by atoms with E-state index in [1.807, 2.05) is 30.6 Å². The second-order valence-corrected chi connectivity index (χ2v) is 20.0. The normalized spacial score (nSPS) is 25.0. The summed E-state index contributed by atoms with van der Waals surface area (Å²) in [6, 6.07) is 42.1. The number of nitrogens with one attached hydrogen (secondary N) is 8. The highest BCUT2D eigenvalue weighted by Gasteiger charge is 2.41. The summed E-state index contributed by atoms with van der Waals surface area (Å²) in [5.41, 5.74) is 25.0. The van der Waals surface area contributed by atoms with Crippen LogP contribution in [0.3, 0.4) is 0 Å². The van der Waals surface area contributed by atoms with Crippen LogP contribution in [0, 0.1) is 0 Å². The highest BCUT2D eigenvalue weighted by atomic mass is 15.4. The SMILES string of the molecule is NC(NC(NCC1C=CC=CN1)c1cccc(N2C3=CC=C(C4=CC=C5C(C4)c4ccccc4N5c4cccc(C5NC(C6=CC=CCN6)NC(c6ccccn6)N5)c4)CC3c3ccccc32)c1)C1=CC=CCN1. The van der Waals surface area contributed by atoms with Gasteiger partial charge >= 0.3 is 0 Å². The molecule has 5 aromatic rings. The molecule has 1 saturated heterocycles. The number of dihydropyridines is 3. The summed E-state index contributed by atoms with van der Waals surface area (Å²) in [5.74, 6) is 0.454. The first-order valence-electron chi connectivity index (χ1n) is 26.1. The molecule has 2 aliphatic carbocycles. The van der Waals surface area contributed by atoms with E-state index in [4.69, 9.17) is 10.7 Å². The summed E-state index contributed by atoms with van der Waals surface area (Å²) in [6.45, 7) is 2.28. The Kier molecular flexibility index (Phi) is 12.6. The Morgan fingerprint density at radius 1 is 0.622 bits per heavy atom. The number of para-hydroxylation sites is 2. The number of hydrogen-bond acceptors (Lipinski definition) is 12. The smallest absolute Gasteiger partial charge is 0.104 e. The zero-order valence-electron chi connectivity index (χ0n) is 41.2. The minimum absolute atomic E-state index is 0.103. The molecule has 74 heavy (non-hydrogen) atoms. The largest absolute Gasteiger partial charge is 0.383 e. The maximum absolute atomic E-state index is 6.84. The van der Waals surface area contributed by atoms with Crippen molar-refractivity contribution in [2.24, 2.45) is 5.73 Å². The van der Waals surface area contributed by atoms with Crippen LogP contribution in [0.15, 0.2) is 241 Å². The van der Waals surface area contributed by atoms with E-state index in [0.29, 0.717) is 0 Å². The van der Waals surface area contributed by atoms with E-state index in [0.717, 1.165) is 72.1 Å². The molecule has 0 bridgehead atoms. The van der Waals surface area contributed by atoms with Gasteiger partial charge in [-0.05, 0) is 131 Å². The van der Waals surface area contributed by atoms with Crippen LogP contribution in [0.1, 0.15) is 71.1 Å². The Bertz CT molecular complexity index is 3270. The number of benzene rings is 4. The number of aromatic nitrogens is 1. The molecule has 0 spiro atoms. The third-order valence-electron chi connectivity index (χ3n) is 15.5. The van der Waals surface area contributed by atoms with Crippen LogP contribution in [0.2, 0.25) is 0 Å². The van der Waals surface area contributed by atoms with Crippen molar-refractivity contribution in [3.05, 3.63) is 269 Å². The summed E-state index contributed by atoms with van der Waals surface area (Å²) in [4.78, 5) is 9.69. The number of rotatable bonds is 13. The van der Waals surface area contributed by atoms with E-state index < -0.39 is 0 Å². The molecule has 10 N–H and O–H groups in total. The van der Waals surface area contributed by atoms with Crippen molar-refractivity contribution >= 4 is 22.7 Å². The van der Waals surface area contributed by atoms with Crippen molar-refractivity contribution in [1.29, 1.82) is 0 Å². The summed E-state index contributed by atoms with van der Waals surface area (Å²) < 4.78 is 0. The van der Waals surface area contributed by atoms with E-state index in [1.54, 1.807) is 0 Å². The molecule has 12 nitrogen and oxygen atoms in total. The monoisotopic (exact) mass is 975 g/mol. The molecular formula is C62H62N12.